The second-order valence-corrected chi connectivity index (χ2v) is 10.2. The summed E-state index contributed by atoms with van der Waals surface area (Å²) in [5.74, 6) is -0.349. The van der Waals surface area contributed by atoms with Gasteiger partial charge < -0.3 is 4.90 Å². The van der Waals surface area contributed by atoms with Crippen LogP contribution in [0, 0.1) is 0 Å². The van der Waals surface area contributed by atoms with Crippen molar-refractivity contribution in [2.24, 2.45) is 0 Å². The predicted octanol–water partition coefficient (Wildman–Crippen LogP) is 2.57. The summed E-state index contributed by atoms with van der Waals surface area (Å²) in [4.78, 5) is 29.5. The molecular weight excluding hydrogens is 436 g/mol. The quantitative estimate of drug-likeness (QED) is 0.573. The normalized spacial score (nSPS) is 15.2. The number of anilines is 1. The number of hydrogen-bond donors (Lipinski definition) is 1. The highest BCUT2D eigenvalue weighted by atomic mass is 32.2. The maximum Gasteiger partial charge on any atom is 0.257 e. The van der Waals surface area contributed by atoms with E-state index in [1.807, 2.05) is 12.1 Å². The first-order valence-electron chi connectivity index (χ1n) is 9.91. The lowest BCUT2D eigenvalue weighted by Gasteiger charge is -2.31. The highest BCUT2D eigenvalue weighted by Crippen LogP contribution is 2.27. The summed E-state index contributed by atoms with van der Waals surface area (Å²) in [6.07, 6.45) is 1.66. The van der Waals surface area contributed by atoms with E-state index in [0.717, 1.165) is 23.0 Å². The van der Waals surface area contributed by atoms with Gasteiger partial charge in [0.1, 0.15) is 0 Å². The van der Waals surface area contributed by atoms with E-state index in [1.165, 1.54) is 45.5 Å². The summed E-state index contributed by atoms with van der Waals surface area (Å²) in [7, 11) is -3.67. The smallest absolute Gasteiger partial charge is 0.257 e. The monoisotopic (exact) mass is 458 g/mol. The van der Waals surface area contributed by atoms with Gasteiger partial charge in [0, 0.05) is 31.7 Å². The Hall–Kier alpha value is -2.82. The van der Waals surface area contributed by atoms with Crippen LogP contribution in [0.3, 0.4) is 0 Å². The molecule has 3 aromatic rings. The van der Waals surface area contributed by atoms with E-state index in [1.54, 1.807) is 4.90 Å². The maximum absolute atomic E-state index is 12.8. The standard InChI is InChI=1S/C21H22N4O4S2/c1-2-15-3-8-18-19(13-15)30-21(22-18)23-20(27)16-4-6-17(7-5-16)31(28,29)25-11-9-24(14-26)10-12-25/h3-8,13-14H,2,9-12H2,1H3,(H,22,23,27). The van der Waals surface area contributed by atoms with Crippen LogP contribution in [0.25, 0.3) is 10.2 Å². The molecule has 0 unspecified atom stereocenters. The van der Waals surface area contributed by atoms with Crippen molar-refractivity contribution in [2.45, 2.75) is 18.2 Å². The number of fused-ring (bicyclic) bond motifs is 1. The molecule has 0 saturated carbocycles. The molecule has 2 amide bonds. The number of piperazine rings is 1. The SMILES string of the molecule is CCc1ccc2nc(NC(=O)c3ccc(S(=O)(=O)N4CCN(C=O)CC4)cc3)sc2c1. The lowest BCUT2D eigenvalue weighted by molar-refractivity contribution is -0.119. The van der Waals surface area contributed by atoms with E-state index in [0.29, 0.717) is 23.8 Å². The number of aryl methyl sites for hydroxylation is 1. The summed E-state index contributed by atoms with van der Waals surface area (Å²) in [5.41, 5.74) is 2.38. The number of thiazole rings is 1. The summed E-state index contributed by atoms with van der Waals surface area (Å²) in [6.45, 7) is 3.32. The van der Waals surface area contributed by atoms with E-state index in [4.69, 9.17) is 0 Å². The lowest BCUT2D eigenvalue weighted by atomic mass is 10.2. The number of carbonyl (C=O) groups is 2. The van der Waals surface area contributed by atoms with Crippen molar-refractivity contribution in [2.75, 3.05) is 31.5 Å². The molecule has 4 rings (SSSR count). The third-order valence-corrected chi connectivity index (χ3v) is 8.10. The number of aromatic nitrogens is 1. The number of hydrogen-bond acceptors (Lipinski definition) is 6. The summed E-state index contributed by atoms with van der Waals surface area (Å²) in [5, 5.41) is 3.29. The van der Waals surface area contributed by atoms with E-state index in [2.05, 4.69) is 23.3 Å². The largest absolute Gasteiger partial charge is 0.343 e. The van der Waals surface area contributed by atoms with Gasteiger partial charge in [0.15, 0.2) is 5.13 Å². The highest BCUT2D eigenvalue weighted by molar-refractivity contribution is 7.89. The fraction of sp³-hybridized carbons (Fsp3) is 0.286. The van der Waals surface area contributed by atoms with Crippen LogP contribution in [0.5, 0.6) is 0 Å². The van der Waals surface area contributed by atoms with Crippen LogP contribution in [0.15, 0.2) is 47.4 Å². The van der Waals surface area contributed by atoms with Gasteiger partial charge in [-0.1, -0.05) is 24.3 Å². The van der Waals surface area contributed by atoms with Gasteiger partial charge in [0.2, 0.25) is 16.4 Å². The molecule has 1 N–H and O–H groups in total. The van der Waals surface area contributed by atoms with Crippen LogP contribution in [0.1, 0.15) is 22.8 Å². The Bertz CT molecular complexity index is 1210. The molecule has 1 aliphatic rings. The molecule has 2 heterocycles. The molecule has 8 nitrogen and oxygen atoms in total. The molecule has 2 aromatic carbocycles. The average Bonchev–Trinajstić information content (AvgIpc) is 3.20. The molecule has 10 heteroatoms. The number of sulfonamides is 1. The lowest BCUT2D eigenvalue weighted by Crippen LogP contribution is -2.47. The molecule has 0 aliphatic carbocycles. The van der Waals surface area contributed by atoms with Crippen LogP contribution < -0.4 is 5.32 Å². The van der Waals surface area contributed by atoms with Crippen LogP contribution in [-0.4, -0.2) is 61.1 Å². The van der Waals surface area contributed by atoms with E-state index < -0.39 is 10.0 Å². The summed E-state index contributed by atoms with van der Waals surface area (Å²) >= 11 is 1.40. The molecule has 0 bridgehead atoms. The minimum atomic E-state index is -3.67. The van der Waals surface area contributed by atoms with Crippen molar-refractivity contribution in [3.63, 3.8) is 0 Å². The van der Waals surface area contributed by atoms with Crippen molar-refractivity contribution in [3.8, 4) is 0 Å². The molecule has 31 heavy (non-hydrogen) atoms. The van der Waals surface area contributed by atoms with Crippen molar-refractivity contribution >= 4 is 49.0 Å². The van der Waals surface area contributed by atoms with Crippen molar-refractivity contribution in [3.05, 3.63) is 53.6 Å². The minimum Gasteiger partial charge on any atom is -0.343 e. The molecule has 1 aliphatic heterocycles. The number of nitrogens with zero attached hydrogens (tertiary/aromatic N) is 3. The van der Waals surface area contributed by atoms with E-state index in [-0.39, 0.29) is 23.9 Å². The zero-order chi connectivity index (χ0) is 22.0. The van der Waals surface area contributed by atoms with Gasteiger partial charge in [-0.3, -0.25) is 14.9 Å². The van der Waals surface area contributed by atoms with Gasteiger partial charge >= 0.3 is 0 Å². The first-order chi connectivity index (χ1) is 14.9. The zero-order valence-electron chi connectivity index (χ0n) is 16.9. The Morgan fingerprint density at radius 1 is 1.13 bits per heavy atom. The minimum absolute atomic E-state index is 0.121. The Morgan fingerprint density at radius 3 is 2.48 bits per heavy atom. The molecule has 162 valence electrons. The first kappa shape index (κ1) is 21.4. The van der Waals surface area contributed by atoms with E-state index in [9.17, 15) is 18.0 Å². The van der Waals surface area contributed by atoms with Crippen molar-refractivity contribution in [1.29, 1.82) is 0 Å². The van der Waals surface area contributed by atoms with Crippen LogP contribution >= 0.6 is 11.3 Å². The average molecular weight is 459 g/mol. The molecular formula is C21H22N4O4S2. The van der Waals surface area contributed by atoms with Crippen molar-refractivity contribution in [1.82, 2.24) is 14.2 Å². The fourth-order valence-electron chi connectivity index (χ4n) is 3.39. The maximum atomic E-state index is 12.8. The molecule has 0 atom stereocenters. The summed E-state index contributed by atoms with van der Waals surface area (Å²) < 4.78 is 28.0. The second kappa shape index (κ2) is 8.74. The van der Waals surface area contributed by atoms with Crippen LogP contribution in [0.2, 0.25) is 0 Å². The Kier molecular flexibility index (Phi) is 6.03. The van der Waals surface area contributed by atoms with Crippen LogP contribution in [0.4, 0.5) is 5.13 Å². The number of benzene rings is 2. The number of nitrogens with one attached hydrogen (secondary N) is 1. The first-order valence-corrected chi connectivity index (χ1v) is 12.2. The molecule has 0 radical (unpaired) electrons. The topological polar surface area (TPSA) is 99.7 Å². The van der Waals surface area contributed by atoms with Gasteiger partial charge in [-0.2, -0.15) is 4.31 Å². The van der Waals surface area contributed by atoms with Crippen LogP contribution in [-0.2, 0) is 21.2 Å². The van der Waals surface area contributed by atoms with Gasteiger partial charge in [-0.25, -0.2) is 13.4 Å². The predicted molar refractivity (Wildman–Crippen MR) is 120 cm³/mol. The van der Waals surface area contributed by atoms with E-state index >= 15 is 0 Å². The second-order valence-electron chi connectivity index (χ2n) is 7.20. The van der Waals surface area contributed by atoms with Gasteiger partial charge in [-0.05, 0) is 48.4 Å². The molecule has 1 saturated heterocycles. The highest BCUT2D eigenvalue weighted by Gasteiger charge is 2.28. The Morgan fingerprint density at radius 2 is 1.84 bits per heavy atom. The van der Waals surface area contributed by atoms with Gasteiger partial charge in [0.25, 0.3) is 5.91 Å². The number of amides is 2. The molecule has 1 aromatic heterocycles. The number of carbonyl (C=O) groups excluding carboxylic acids is 2. The van der Waals surface area contributed by atoms with Gasteiger partial charge in [0.05, 0.1) is 15.1 Å². The zero-order valence-corrected chi connectivity index (χ0v) is 18.6. The third kappa shape index (κ3) is 4.46. The van der Waals surface area contributed by atoms with Crippen molar-refractivity contribution < 1.29 is 18.0 Å². The fourth-order valence-corrected chi connectivity index (χ4v) is 5.74. The molecule has 1 fully saturated rings. The van der Waals surface area contributed by atoms with Gasteiger partial charge in [-0.15, -0.1) is 0 Å². The number of rotatable bonds is 6. The molecule has 0 spiro atoms. The Balaban J connectivity index is 1.46. The Labute approximate surface area is 184 Å². The third-order valence-electron chi connectivity index (χ3n) is 5.26. The summed E-state index contributed by atoms with van der Waals surface area (Å²) in [6, 6.07) is 11.9.